The molecule has 0 heterocycles. The van der Waals surface area contributed by atoms with Crippen molar-refractivity contribution < 1.29 is 78.5 Å². The fourth-order valence-electron chi connectivity index (χ4n) is 4.54. The van der Waals surface area contributed by atoms with Crippen molar-refractivity contribution in [3.63, 3.8) is 0 Å². The largest absolute Gasteiger partial charge is 1.00 e. The fourth-order valence-corrected chi connectivity index (χ4v) is 5.07. The normalized spacial score (nSPS) is 13.1. The summed E-state index contributed by atoms with van der Waals surface area (Å²) in [6.07, 6.45) is 7.43. The van der Waals surface area contributed by atoms with Crippen LogP contribution in [-0.4, -0.2) is 35.0 Å². The maximum atomic E-state index is 12.4. The Morgan fingerprint density at radius 1 is 0.689 bits per heavy atom. The summed E-state index contributed by atoms with van der Waals surface area (Å²) >= 11 is 6.67. The smallest absolute Gasteiger partial charge is 1.00 e. The van der Waals surface area contributed by atoms with Crippen LogP contribution in [0.15, 0.2) is 112 Å². The van der Waals surface area contributed by atoms with E-state index in [4.69, 9.17) is 5.11 Å². The van der Waals surface area contributed by atoms with Crippen LogP contribution in [0.2, 0.25) is 0 Å². The fraction of sp³-hybridized carbons (Fsp3) is 0.194. The Hall–Kier alpha value is -1.76. The second-order valence-corrected chi connectivity index (χ2v) is 11.5. The monoisotopic (exact) mass is 855 g/mol. The summed E-state index contributed by atoms with van der Waals surface area (Å²) in [5, 5.41) is 7.57. The molecule has 0 amide bonds. The van der Waals surface area contributed by atoms with Crippen LogP contribution in [0.25, 0.3) is 6.08 Å². The summed E-state index contributed by atoms with van der Waals surface area (Å²) in [7, 11) is 0. The molecule has 232 valence electrons. The van der Waals surface area contributed by atoms with Crippen molar-refractivity contribution in [3.05, 3.63) is 145 Å². The second-order valence-electron chi connectivity index (χ2n) is 9.63. The number of halogens is 3. The average molecular weight is 857 g/mol. The first-order chi connectivity index (χ1) is 20.4. The Bertz CT molecular complexity index is 1520. The van der Waals surface area contributed by atoms with Crippen molar-refractivity contribution in [2.24, 2.45) is 0 Å². The molecule has 0 radical (unpaired) electrons. The number of carbonyl (C=O) groups is 3. The number of aliphatic hydroxyl groups excluding tert-OH is 1. The van der Waals surface area contributed by atoms with Gasteiger partial charge < -0.3 is 34.6 Å². The van der Waals surface area contributed by atoms with Crippen LogP contribution >= 0.6 is 31.9 Å². The van der Waals surface area contributed by atoms with Crippen molar-refractivity contribution >= 4 is 55.8 Å². The van der Waals surface area contributed by atoms with E-state index in [1.807, 2.05) is 91.0 Å². The minimum absolute atomic E-state index is 0. The molecule has 0 aromatic heterocycles. The number of hydrogen-bond donors (Lipinski definition) is 1. The first-order valence-electron chi connectivity index (χ1n) is 13.9. The Morgan fingerprint density at radius 3 is 1.67 bits per heavy atom. The summed E-state index contributed by atoms with van der Waals surface area (Å²) < 4.78 is 2.04. The van der Waals surface area contributed by atoms with Gasteiger partial charge in [-0.2, -0.15) is 0 Å². The minimum atomic E-state index is 0. The molecule has 0 fully saturated rings. The number of aldehydes is 1. The molecule has 0 bridgehead atoms. The van der Waals surface area contributed by atoms with Crippen LogP contribution in [0.5, 0.6) is 0 Å². The van der Waals surface area contributed by atoms with E-state index in [9.17, 15) is 14.4 Å². The van der Waals surface area contributed by atoms with E-state index in [-0.39, 0.29) is 71.4 Å². The zero-order chi connectivity index (χ0) is 30.3. The van der Waals surface area contributed by atoms with Crippen molar-refractivity contribution in [3.8, 4) is 0 Å². The maximum Gasteiger partial charge on any atom is 1.00 e. The molecule has 9 heteroatoms. The number of aryl methyl sites for hydroxylation is 2. The van der Waals surface area contributed by atoms with Crippen LogP contribution in [-0.2, 0) is 12.8 Å². The van der Waals surface area contributed by atoms with Crippen LogP contribution in [0, 0.1) is 0 Å². The van der Waals surface area contributed by atoms with E-state index in [0.29, 0.717) is 11.3 Å². The quantitative estimate of drug-likeness (QED) is 0.145. The van der Waals surface area contributed by atoms with Gasteiger partial charge in [0.2, 0.25) is 0 Å². The van der Waals surface area contributed by atoms with Crippen molar-refractivity contribution in [1.29, 1.82) is 0 Å². The van der Waals surface area contributed by atoms with Crippen molar-refractivity contribution in [2.45, 2.75) is 39.0 Å². The number of benzene rings is 4. The van der Waals surface area contributed by atoms with Gasteiger partial charge in [-0.1, -0.05) is 105 Å². The van der Waals surface area contributed by atoms with E-state index in [0.717, 1.165) is 69.6 Å². The predicted molar refractivity (Wildman–Crippen MR) is 179 cm³/mol. The number of ketones is 2. The molecule has 45 heavy (non-hydrogen) atoms. The van der Waals surface area contributed by atoms with E-state index in [1.165, 1.54) is 11.1 Å². The number of aliphatic hydroxyl groups is 1. The molecule has 0 aliphatic heterocycles. The average Bonchev–Trinajstić information content (AvgIpc) is 3.02. The van der Waals surface area contributed by atoms with E-state index in [1.54, 1.807) is 19.1 Å². The third kappa shape index (κ3) is 14.3. The molecule has 0 saturated heterocycles. The molecule has 2 aliphatic rings. The number of Topliss-reactive ketones (excluding diaryl/α,β-unsaturated/α-hetero) is 2. The molecule has 0 saturated carbocycles. The number of carbonyl (C=O) groups excluding carboxylic acids is 3. The Balaban J connectivity index is 0.000000642. The Kier molecular flexibility index (Phi) is 22.6. The van der Waals surface area contributed by atoms with Gasteiger partial charge >= 0.3 is 29.6 Å². The number of allylic oxidation sites excluding steroid dienone is 1. The number of rotatable bonds is 2. The first-order valence-corrected chi connectivity index (χ1v) is 15.5. The van der Waals surface area contributed by atoms with Gasteiger partial charge in [0, 0.05) is 44.2 Å². The third-order valence-corrected chi connectivity index (χ3v) is 7.66. The predicted octanol–water partition coefficient (Wildman–Crippen LogP) is 2.96. The molecule has 4 aromatic carbocycles. The summed E-state index contributed by atoms with van der Waals surface area (Å²) in [6, 6.07) is 31.0. The van der Waals surface area contributed by atoms with E-state index < -0.39 is 0 Å². The third-order valence-electron chi connectivity index (χ3n) is 6.60. The summed E-state index contributed by atoms with van der Waals surface area (Å²) in [4.78, 5) is 33.8. The number of hydrogen-bond acceptors (Lipinski definition) is 5. The van der Waals surface area contributed by atoms with Gasteiger partial charge in [0.15, 0.2) is 11.6 Å². The molecule has 2 aliphatic carbocycles. The zero-order valence-electron chi connectivity index (χ0n) is 25.4. The Labute approximate surface area is 321 Å². The molecule has 2 N–H and O–H groups in total. The maximum absolute atomic E-state index is 12.4. The summed E-state index contributed by atoms with van der Waals surface area (Å²) in [5.41, 5.74) is 6.88. The summed E-state index contributed by atoms with van der Waals surface area (Å²) in [5.74, 6) is 0.483. The zero-order valence-corrected chi connectivity index (χ0v) is 32.7. The first kappa shape index (κ1) is 43.2. The Morgan fingerprint density at radius 2 is 1.16 bits per heavy atom. The van der Waals surface area contributed by atoms with Gasteiger partial charge in [0.1, 0.15) is 6.29 Å². The van der Waals surface area contributed by atoms with Crippen LogP contribution in [0.1, 0.15) is 74.0 Å². The molecule has 6 rings (SSSR count). The molecule has 5 nitrogen and oxygen atoms in total. The molecular weight excluding hydrogens is 822 g/mol. The standard InChI is InChI=1S/C17H13BrO.C10H10O.C7H5BrO.C2H6O.HI.Na.H2O/c18-15-9-5-12(6-10-15)11-14-8-7-13-3-1-2-4-16(13)17(14)19;11-10-7-3-5-8-4-1-2-6-9(8)10;8-7-3-1-6(5-9)2-4-7;1-2-3;;;/h1-6,9-11H,7-8H2;1-2,4,6H,3,5,7H2;1-5H;3H,2H2,1H3;1H;;1H2/q;;;;;+1;/p-2/b14-11+;;;;;;. The van der Waals surface area contributed by atoms with E-state index >= 15 is 0 Å². The van der Waals surface area contributed by atoms with Gasteiger partial charge in [0.25, 0.3) is 0 Å². The number of fused-ring (bicyclic) bond motifs is 2. The van der Waals surface area contributed by atoms with Crippen molar-refractivity contribution in [1.82, 2.24) is 0 Å². The van der Waals surface area contributed by atoms with Crippen LogP contribution in [0.3, 0.4) is 0 Å². The summed E-state index contributed by atoms with van der Waals surface area (Å²) in [6.45, 7) is 1.93. The minimum Gasteiger partial charge on any atom is -1.00 e. The second kappa shape index (κ2) is 23.5. The molecule has 0 unspecified atom stereocenters. The van der Waals surface area contributed by atoms with Crippen molar-refractivity contribution in [2.75, 3.05) is 6.61 Å². The molecule has 0 atom stereocenters. The topological polar surface area (TPSA) is 101 Å². The molecule has 0 spiro atoms. The molecule has 4 aromatic rings. The van der Waals surface area contributed by atoms with Gasteiger partial charge in [-0.15, -0.1) is 0 Å². The van der Waals surface area contributed by atoms with E-state index in [2.05, 4.69) is 31.9 Å². The van der Waals surface area contributed by atoms with Gasteiger partial charge in [-0.3, -0.25) is 14.4 Å². The van der Waals surface area contributed by atoms with Gasteiger partial charge in [0.05, 0.1) is 0 Å². The van der Waals surface area contributed by atoms with Crippen LogP contribution < -0.4 is 53.5 Å². The van der Waals surface area contributed by atoms with Crippen LogP contribution in [0.4, 0.5) is 0 Å². The molecular formula is C36H35Br2INaO5-. The van der Waals surface area contributed by atoms with Gasteiger partial charge in [-0.25, -0.2) is 0 Å². The van der Waals surface area contributed by atoms with Gasteiger partial charge in [-0.05, 0) is 79.6 Å². The SMILES string of the molecule is CCO.O=C1/C(=C/c2ccc(Br)cc2)CCc2ccccc21.O=C1CCCc2ccccc21.O=Cc1ccc(Br)cc1.[I-].[Na+].[OH-].